The zero-order valence-corrected chi connectivity index (χ0v) is 19.1. The number of aromatic nitrogens is 1. The van der Waals surface area contributed by atoms with Crippen molar-refractivity contribution < 1.29 is 58.9 Å². The number of esters is 1. The first-order valence-corrected chi connectivity index (χ1v) is 9.95. The molecule has 1 saturated carbocycles. The molecule has 2 aliphatic heterocycles. The van der Waals surface area contributed by atoms with Gasteiger partial charge < -0.3 is 24.6 Å². The third-order valence-corrected chi connectivity index (χ3v) is 6.33. The van der Waals surface area contributed by atoms with Crippen molar-refractivity contribution in [2.75, 3.05) is 6.61 Å². The number of hydrogen-bond acceptors (Lipinski definition) is 7. The third kappa shape index (κ3) is 3.82. The summed E-state index contributed by atoms with van der Waals surface area (Å²) >= 11 is 0. The Kier molecular flexibility index (Phi) is 7.02. The van der Waals surface area contributed by atoms with Crippen LogP contribution < -0.4 is 34.7 Å². The number of hydrogen-bond donors (Lipinski definition) is 1. The van der Waals surface area contributed by atoms with E-state index >= 15 is 0 Å². The monoisotopic (exact) mass is 422 g/mol. The molecule has 4 rings (SSSR count). The van der Waals surface area contributed by atoms with Crippen molar-refractivity contribution in [3.63, 3.8) is 0 Å². The first-order chi connectivity index (χ1) is 13.9. The van der Waals surface area contributed by atoms with Gasteiger partial charge in [0.1, 0.15) is 0 Å². The van der Waals surface area contributed by atoms with Gasteiger partial charge in [0.25, 0.3) is 0 Å². The van der Waals surface area contributed by atoms with E-state index in [0.717, 1.165) is 24.8 Å². The number of carbonyl (C=O) groups excluding carboxylic acids is 3. The van der Waals surface area contributed by atoms with E-state index in [1.54, 1.807) is 25.3 Å². The zero-order valence-electron chi connectivity index (χ0n) is 17.1. The predicted molar refractivity (Wildman–Crippen MR) is 97.8 cm³/mol. The molecule has 1 saturated heterocycles. The molecule has 1 aliphatic carbocycles. The number of fused-ring (bicyclic) bond motifs is 3. The molecule has 0 aromatic carbocycles. The molecule has 9 heteroatoms. The number of carboxylic acids is 1. The first-order valence-electron chi connectivity index (χ1n) is 9.95. The quantitative estimate of drug-likeness (QED) is 0.300. The summed E-state index contributed by atoms with van der Waals surface area (Å²) in [5.41, 5.74) is 1.04. The molecule has 1 N–H and O–H groups in total. The minimum Gasteiger partial charge on any atom is -0.543 e. The van der Waals surface area contributed by atoms with Crippen molar-refractivity contribution >= 4 is 17.8 Å². The van der Waals surface area contributed by atoms with Crippen LogP contribution >= 0.6 is 0 Å². The number of aliphatic hydroxyl groups excluding tert-OH is 1. The summed E-state index contributed by atoms with van der Waals surface area (Å²) in [6.07, 6.45) is 5.07. The van der Waals surface area contributed by atoms with Gasteiger partial charge in [-0.1, -0.05) is 6.42 Å². The van der Waals surface area contributed by atoms with Crippen LogP contribution in [-0.2, 0) is 14.3 Å². The standard InChI is InChI=1S/C21H24N2O6.Na/c1-11(24)15-17-14-6-2-4-12(16(14)18(20(26)27)23(17)19(15)25)7-9-29-21(28)13-5-3-8-22-10-13;/h3,5,8,10-12,14-15,17,24H,2,4,6-7,9H2,1H3,(H,26,27);/q;+1/p-1/t11-,12+,14-,15-,17-;/m1./s1. The smallest absolute Gasteiger partial charge is 0.543 e. The van der Waals surface area contributed by atoms with Gasteiger partial charge in [-0.25, -0.2) is 4.79 Å². The number of aliphatic carboxylic acids is 1. The van der Waals surface area contributed by atoms with Crippen molar-refractivity contribution in [1.82, 2.24) is 9.88 Å². The summed E-state index contributed by atoms with van der Waals surface area (Å²) in [6.45, 7) is 1.71. The van der Waals surface area contributed by atoms with E-state index < -0.39 is 24.0 Å². The molecule has 2 fully saturated rings. The molecule has 1 aromatic rings. The Morgan fingerprint density at radius 1 is 1.40 bits per heavy atom. The summed E-state index contributed by atoms with van der Waals surface area (Å²) in [5.74, 6) is -2.95. The second kappa shape index (κ2) is 9.18. The number of amides is 1. The SMILES string of the molecule is C[C@@H](O)[C@H]1C(=O)N2C(C(=O)[O-])=C3[C@H](CCOC(=O)c4cccnc4)CCC[C@H]3[C@H]12.[Na+]. The summed E-state index contributed by atoms with van der Waals surface area (Å²) in [4.78, 5) is 41.6. The fourth-order valence-corrected chi connectivity index (χ4v) is 5.15. The molecular weight excluding hydrogens is 399 g/mol. The van der Waals surface area contributed by atoms with Crippen LogP contribution in [0.15, 0.2) is 35.8 Å². The number of aliphatic hydroxyl groups is 1. The van der Waals surface area contributed by atoms with Crippen molar-refractivity contribution in [3.05, 3.63) is 41.4 Å². The van der Waals surface area contributed by atoms with Gasteiger partial charge >= 0.3 is 35.5 Å². The summed E-state index contributed by atoms with van der Waals surface area (Å²) in [7, 11) is 0. The van der Waals surface area contributed by atoms with Gasteiger partial charge in [-0.2, -0.15) is 0 Å². The van der Waals surface area contributed by atoms with E-state index in [9.17, 15) is 24.6 Å². The Labute approximate surface area is 196 Å². The Balaban J connectivity index is 0.00000256. The van der Waals surface area contributed by atoms with Gasteiger partial charge in [0, 0.05) is 18.3 Å². The molecule has 0 unspecified atom stereocenters. The Hall–Kier alpha value is -1.74. The molecule has 0 bridgehead atoms. The molecule has 1 amide bonds. The largest absolute Gasteiger partial charge is 1.00 e. The van der Waals surface area contributed by atoms with E-state index in [4.69, 9.17) is 4.74 Å². The van der Waals surface area contributed by atoms with Crippen LogP contribution in [0.1, 0.15) is 43.0 Å². The van der Waals surface area contributed by atoms with Crippen molar-refractivity contribution in [2.45, 2.75) is 44.8 Å². The average molecular weight is 422 g/mol. The van der Waals surface area contributed by atoms with Gasteiger partial charge in [0.15, 0.2) is 0 Å². The van der Waals surface area contributed by atoms with Crippen molar-refractivity contribution in [1.29, 1.82) is 0 Å². The molecule has 1 aromatic heterocycles. The van der Waals surface area contributed by atoms with Crippen LogP contribution in [0.5, 0.6) is 0 Å². The fraction of sp³-hybridized carbons (Fsp3) is 0.524. The summed E-state index contributed by atoms with van der Waals surface area (Å²) in [5, 5.41) is 21.9. The number of carbonyl (C=O) groups is 3. The first kappa shape index (κ1) is 22.9. The van der Waals surface area contributed by atoms with Crippen LogP contribution in [0.4, 0.5) is 0 Å². The van der Waals surface area contributed by atoms with Crippen LogP contribution in [0, 0.1) is 17.8 Å². The van der Waals surface area contributed by atoms with Gasteiger partial charge in [-0.05, 0) is 49.8 Å². The van der Waals surface area contributed by atoms with Gasteiger partial charge in [-0.3, -0.25) is 9.78 Å². The van der Waals surface area contributed by atoms with Crippen LogP contribution in [0.2, 0.25) is 0 Å². The molecule has 0 spiro atoms. The Morgan fingerprint density at radius 3 is 2.80 bits per heavy atom. The summed E-state index contributed by atoms with van der Waals surface area (Å²) in [6, 6.07) is 2.95. The molecule has 0 radical (unpaired) electrons. The molecule has 8 nitrogen and oxygen atoms in total. The molecular formula is C21H23N2NaO6. The maximum Gasteiger partial charge on any atom is 1.00 e. The van der Waals surface area contributed by atoms with Crippen molar-refractivity contribution in [2.24, 2.45) is 17.8 Å². The molecule has 3 heterocycles. The molecule has 5 atom stereocenters. The number of pyridine rings is 1. The van der Waals surface area contributed by atoms with Crippen LogP contribution in [-0.4, -0.2) is 51.6 Å². The minimum atomic E-state index is -1.36. The third-order valence-electron chi connectivity index (χ3n) is 6.33. The number of carboxylic acid groups (broad SMARTS) is 1. The van der Waals surface area contributed by atoms with E-state index in [1.807, 2.05) is 0 Å². The van der Waals surface area contributed by atoms with E-state index in [1.165, 1.54) is 11.1 Å². The average Bonchev–Trinajstić information content (AvgIpc) is 3.00. The van der Waals surface area contributed by atoms with E-state index in [-0.39, 0.29) is 65.6 Å². The topological polar surface area (TPSA) is 120 Å². The van der Waals surface area contributed by atoms with Gasteiger partial charge in [-0.15, -0.1) is 0 Å². The predicted octanol–water partition coefficient (Wildman–Crippen LogP) is -2.73. The Bertz CT molecular complexity index is 872. The van der Waals surface area contributed by atoms with Crippen LogP contribution in [0.25, 0.3) is 0 Å². The Morgan fingerprint density at radius 2 is 2.17 bits per heavy atom. The number of β-lactam (4-membered cyclic amide) rings is 1. The van der Waals surface area contributed by atoms with Gasteiger partial charge in [0.2, 0.25) is 5.91 Å². The summed E-state index contributed by atoms with van der Waals surface area (Å²) < 4.78 is 5.34. The van der Waals surface area contributed by atoms with E-state index in [0.29, 0.717) is 12.0 Å². The molecule has 30 heavy (non-hydrogen) atoms. The second-order valence-corrected chi connectivity index (χ2v) is 7.96. The van der Waals surface area contributed by atoms with Gasteiger partial charge in [0.05, 0.1) is 41.9 Å². The number of nitrogens with zero attached hydrogens (tertiary/aromatic N) is 2. The minimum absolute atomic E-state index is 0. The number of rotatable bonds is 6. The van der Waals surface area contributed by atoms with Crippen LogP contribution in [0.3, 0.4) is 0 Å². The maximum absolute atomic E-state index is 12.5. The normalized spacial score (nSPS) is 28.1. The van der Waals surface area contributed by atoms with E-state index in [2.05, 4.69) is 4.98 Å². The van der Waals surface area contributed by atoms with Crippen molar-refractivity contribution in [3.8, 4) is 0 Å². The maximum atomic E-state index is 12.5. The molecule has 3 aliphatic rings. The fourth-order valence-electron chi connectivity index (χ4n) is 5.15. The zero-order chi connectivity index (χ0) is 20.7. The second-order valence-electron chi connectivity index (χ2n) is 7.96. The number of ether oxygens (including phenoxy) is 1. The molecule has 154 valence electrons.